The maximum atomic E-state index is 4.52. The summed E-state index contributed by atoms with van der Waals surface area (Å²) in [7, 11) is 0. The van der Waals surface area contributed by atoms with E-state index in [1.165, 1.54) is 11.1 Å². The molecule has 0 unspecified atom stereocenters. The van der Waals surface area contributed by atoms with Crippen molar-refractivity contribution < 1.29 is 0 Å². The number of benzene rings is 1. The third-order valence-corrected chi connectivity index (χ3v) is 3.32. The molecule has 0 saturated heterocycles. The summed E-state index contributed by atoms with van der Waals surface area (Å²) < 4.78 is 0. The van der Waals surface area contributed by atoms with E-state index in [0.717, 1.165) is 24.5 Å². The minimum Gasteiger partial charge on any atom is -0.370 e. The summed E-state index contributed by atoms with van der Waals surface area (Å²) >= 11 is 0. The molecule has 4 nitrogen and oxygen atoms in total. The van der Waals surface area contributed by atoms with Crippen LogP contribution in [0.25, 0.3) is 0 Å². The van der Waals surface area contributed by atoms with E-state index < -0.39 is 0 Å². The van der Waals surface area contributed by atoms with Crippen molar-refractivity contribution in [2.75, 3.05) is 17.2 Å². The van der Waals surface area contributed by atoms with Crippen LogP contribution in [0.2, 0.25) is 0 Å². The topological polar surface area (TPSA) is 49.8 Å². The van der Waals surface area contributed by atoms with Crippen LogP contribution in [0, 0.1) is 12.8 Å². The van der Waals surface area contributed by atoms with Gasteiger partial charge in [-0.3, -0.25) is 0 Å². The fourth-order valence-electron chi connectivity index (χ4n) is 2.14. The average molecular weight is 284 g/mol. The zero-order chi connectivity index (χ0) is 15.2. The first-order valence-electron chi connectivity index (χ1n) is 7.52. The maximum absolute atomic E-state index is 4.52. The van der Waals surface area contributed by atoms with Crippen molar-refractivity contribution in [3.8, 4) is 0 Å². The fraction of sp³-hybridized carbons (Fsp3) is 0.412. The Kier molecular flexibility index (Phi) is 5.14. The second-order valence-corrected chi connectivity index (χ2v) is 5.63. The van der Waals surface area contributed by atoms with E-state index in [9.17, 15) is 0 Å². The number of hydrogen-bond acceptors (Lipinski definition) is 4. The van der Waals surface area contributed by atoms with Crippen LogP contribution in [-0.4, -0.2) is 16.5 Å². The molecule has 1 aromatic heterocycles. The van der Waals surface area contributed by atoms with Crippen molar-refractivity contribution in [2.45, 2.75) is 34.1 Å². The second-order valence-electron chi connectivity index (χ2n) is 5.63. The lowest BCUT2D eigenvalue weighted by atomic mass is 10.1. The SMILES string of the molecule is CCc1cccc(C)c1Nc1nccc(NCC(C)C)n1. The molecule has 0 aliphatic heterocycles. The van der Waals surface area contributed by atoms with Crippen LogP contribution in [0.1, 0.15) is 31.9 Å². The van der Waals surface area contributed by atoms with E-state index in [2.05, 4.69) is 66.5 Å². The summed E-state index contributed by atoms with van der Waals surface area (Å²) in [5, 5.41) is 6.68. The van der Waals surface area contributed by atoms with Gasteiger partial charge in [0.25, 0.3) is 0 Å². The number of rotatable bonds is 6. The lowest BCUT2D eigenvalue weighted by Gasteiger charge is -2.14. The number of nitrogens with one attached hydrogen (secondary N) is 2. The van der Waals surface area contributed by atoms with Gasteiger partial charge in [0.2, 0.25) is 5.95 Å². The minimum atomic E-state index is 0.583. The van der Waals surface area contributed by atoms with Gasteiger partial charge in [0, 0.05) is 18.4 Å². The third kappa shape index (κ3) is 4.18. The van der Waals surface area contributed by atoms with Gasteiger partial charge in [-0.2, -0.15) is 4.98 Å². The van der Waals surface area contributed by atoms with Crippen LogP contribution in [0.4, 0.5) is 17.5 Å². The number of anilines is 3. The number of hydrogen-bond donors (Lipinski definition) is 2. The molecule has 2 aromatic rings. The number of nitrogens with zero attached hydrogens (tertiary/aromatic N) is 2. The van der Waals surface area contributed by atoms with Gasteiger partial charge < -0.3 is 10.6 Å². The Labute approximate surface area is 127 Å². The van der Waals surface area contributed by atoms with Crippen LogP contribution < -0.4 is 10.6 Å². The Balaban J connectivity index is 2.18. The number of aryl methyl sites for hydroxylation is 2. The summed E-state index contributed by atoms with van der Waals surface area (Å²) in [6.45, 7) is 9.51. The van der Waals surface area contributed by atoms with E-state index in [1.807, 2.05) is 6.07 Å². The Hall–Kier alpha value is -2.10. The van der Waals surface area contributed by atoms with Gasteiger partial charge in [0.1, 0.15) is 5.82 Å². The van der Waals surface area contributed by atoms with Crippen LogP contribution in [0.3, 0.4) is 0 Å². The molecule has 0 radical (unpaired) electrons. The molecule has 112 valence electrons. The average Bonchev–Trinajstić information content (AvgIpc) is 2.47. The lowest BCUT2D eigenvalue weighted by molar-refractivity contribution is 0.687. The van der Waals surface area contributed by atoms with Gasteiger partial charge in [-0.1, -0.05) is 39.0 Å². The molecule has 0 bridgehead atoms. The first-order chi connectivity index (χ1) is 10.1. The normalized spacial score (nSPS) is 10.7. The largest absolute Gasteiger partial charge is 0.370 e. The van der Waals surface area contributed by atoms with Gasteiger partial charge >= 0.3 is 0 Å². The quantitative estimate of drug-likeness (QED) is 0.836. The van der Waals surface area contributed by atoms with Gasteiger partial charge in [0.15, 0.2) is 0 Å². The Morgan fingerprint density at radius 2 is 2.00 bits per heavy atom. The van der Waals surface area contributed by atoms with E-state index >= 15 is 0 Å². The monoisotopic (exact) mass is 284 g/mol. The summed E-state index contributed by atoms with van der Waals surface area (Å²) in [4.78, 5) is 8.84. The van der Waals surface area contributed by atoms with Gasteiger partial charge in [-0.15, -0.1) is 0 Å². The maximum Gasteiger partial charge on any atom is 0.229 e. The molecule has 0 amide bonds. The summed E-state index contributed by atoms with van der Waals surface area (Å²) in [6.07, 6.45) is 2.76. The molecular weight excluding hydrogens is 260 g/mol. The van der Waals surface area contributed by atoms with Crippen molar-refractivity contribution in [2.24, 2.45) is 5.92 Å². The van der Waals surface area contributed by atoms with Crippen molar-refractivity contribution in [3.63, 3.8) is 0 Å². The summed E-state index contributed by atoms with van der Waals surface area (Å²) in [5.41, 5.74) is 3.60. The molecule has 1 heterocycles. The number of aromatic nitrogens is 2. The highest BCUT2D eigenvalue weighted by molar-refractivity contribution is 5.63. The predicted molar refractivity (Wildman–Crippen MR) is 89.2 cm³/mol. The van der Waals surface area contributed by atoms with Gasteiger partial charge in [-0.25, -0.2) is 4.98 Å². The highest BCUT2D eigenvalue weighted by Crippen LogP contribution is 2.24. The first-order valence-corrected chi connectivity index (χ1v) is 7.52. The molecule has 1 aromatic carbocycles. The molecule has 4 heteroatoms. The van der Waals surface area contributed by atoms with E-state index in [0.29, 0.717) is 11.9 Å². The highest BCUT2D eigenvalue weighted by Gasteiger charge is 2.07. The molecule has 0 spiro atoms. The van der Waals surface area contributed by atoms with Gasteiger partial charge in [0.05, 0.1) is 0 Å². The Morgan fingerprint density at radius 1 is 1.19 bits per heavy atom. The van der Waals surface area contributed by atoms with E-state index in [-0.39, 0.29) is 0 Å². The van der Waals surface area contributed by atoms with Crippen LogP contribution in [-0.2, 0) is 6.42 Å². The zero-order valence-electron chi connectivity index (χ0n) is 13.3. The lowest BCUT2D eigenvalue weighted by Crippen LogP contribution is -2.10. The van der Waals surface area contributed by atoms with E-state index in [1.54, 1.807) is 6.20 Å². The number of para-hydroxylation sites is 1. The molecule has 21 heavy (non-hydrogen) atoms. The van der Waals surface area contributed by atoms with Gasteiger partial charge in [-0.05, 0) is 36.5 Å². The van der Waals surface area contributed by atoms with Crippen molar-refractivity contribution in [1.29, 1.82) is 0 Å². The standard InChI is InChI=1S/C17H24N4/c1-5-14-8-6-7-13(4)16(14)21-17-18-10-9-15(20-17)19-11-12(2)3/h6-10,12H,5,11H2,1-4H3,(H2,18,19,20,21). The van der Waals surface area contributed by atoms with Crippen LogP contribution in [0.15, 0.2) is 30.5 Å². The zero-order valence-corrected chi connectivity index (χ0v) is 13.3. The molecule has 2 rings (SSSR count). The fourth-order valence-corrected chi connectivity index (χ4v) is 2.14. The molecule has 0 aliphatic carbocycles. The molecule has 0 aliphatic rings. The van der Waals surface area contributed by atoms with Crippen LogP contribution in [0.5, 0.6) is 0 Å². The third-order valence-electron chi connectivity index (χ3n) is 3.32. The highest BCUT2D eigenvalue weighted by atomic mass is 15.1. The summed E-state index contributed by atoms with van der Waals surface area (Å²) in [6, 6.07) is 8.21. The van der Waals surface area contributed by atoms with E-state index in [4.69, 9.17) is 0 Å². The van der Waals surface area contributed by atoms with Crippen LogP contribution >= 0.6 is 0 Å². The molecule has 2 N–H and O–H groups in total. The summed E-state index contributed by atoms with van der Waals surface area (Å²) in [5.74, 6) is 2.07. The Bertz CT molecular complexity index is 593. The van der Waals surface area contributed by atoms with Crippen molar-refractivity contribution in [3.05, 3.63) is 41.6 Å². The van der Waals surface area contributed by atoms with Crippen molar-refractivity contribution in [1.82, 2.24) is 9.97 Å². The van der Waals surface area contributed by atoms with Crippen molar-refractivity contribution >= 4 is 17.5 Å². The minimum absolute atomic E-state index is 0.583. The molecule has 0 atom stereocenters. The molecule has 0 saturated carbocycles. The first kappa shape index (κ1) is 15.3. The smallest absolute Gasteiger partial charge is 0.229 e. The molecule has 0 fully saturated rings. The Morgan fingerprint density at radius 3 is 2.71 bits per heavy atom. The predicted octanol–water partition coefficient (Wildman–Crippen LogP) is 4.16. The molecular formula is C17H24N4. The second kappa shape index (κ2) is 7.07.